The third kappa shape index (κ3) is 2.87. The van der Waals surface area contributed by atoms with Crippen molar-refractivity contribution in [3.05, 3.63) is 33.4 Å². The third-order valence-electron chi connectivity index (χ3n) is 3.37. The van der Waals surface area contributed by atoms with Crippen molar-refractivity contribution < 1.29 is 27.9 Å². The molecule has 1 N–H and O–H groups in total. The zero-order valence-corrected chi connectivity index (χ0v) is 14.0. The summed E-state index contributed by atoms with van der Waals surface area (Å²) in [6.07, 6.45) is -4.64. The number of carboxylic acid groups (broad SMARTS) is 1. The molecule has 124 valence electrons. The molecular formula is C15H13BrF3NO3. The van der Waals surface area contributed by atoms with Crippen LogP contribution in [-0.2, 0) is 11.7 Å². The summed E-state index contributed by atoms with van der Waals surface area (Å²) in [5.41, 5.74) is -2.74. The summed E-state index contributed by atoms with van der Waals surface area (Å²) in [4.78, 5) is 22.9. The number of rotatable bonds is 2. The van der Waals surface area contributed by atoms with Gasteiger partial charge in [0.1, 0.15) is 5.69 Å². The number of carbonyl (C=O) groups is 2. The highest BCUT2D eigenvalue weighted by atomic mass is 79.9. The molecular weight excluding hydrogens is 379 g/mol. The largest absolute Gasteiger partial charge is 0.477 e. The lowest BCUT2D eigenvalue weighted by Crippen LogP contribution is -2.26. The molecule has 1 aromatic carbocycles. The second-order valence-corrected chi connectivity index (χ2v) is 6.90. The Morgan fingerprint density at radius 1 is 1.26 bits per heavy atom. The summed E-state index contributed by atoms with van der Waals surface area (Å²) in [5.74, 6) is -1.28. The van der Waals surface area contributed by atoms with Crippen molar-refractivity contribution >= 4 is 39.1 Å². The van der Waals surface area contributed by atoms with Crippen LogP contribution in [-0.4, -0.2) is 21.9 Å². The fourth-order valence-electron chi connectivity index (χ4n) is 2.63. The number of nitrogens with zero attached hydrogens (tertiary/aromatic N) is 1. The summed E-state index contributed by atoms with van der Waals surface area (Å²) in [7, 11) is 0. The number of aromatic carboxylic acids is 1. The third-order valence-corrected chi connectivity index (χ3v) is 3.99. The van der Waals surface area contributed by atoms with Crippen LogP contribution in [0.15, 0.2) is 16.6 Å². The standard InChI is InChI=1S/C15H13BrF3NO3/c1-14(2,3)20-10(13(22)23)5-7-4-9(16)11(15(17,18)19)8(6-21)12(7)20/h4-6H,1-3H3,(H,22,23). The summed E-state index contributed by atoms with van der Waals surface area (Å²) >= 11 is 2.83. The minimum atomic E-state index is -4.75. The molecule has 1 aromatic heterocycles. The first kappa shape index (κ1) is 17.5. The van der Waals surface area contributed by atoms with Crippen molar-refractivity contribution in [2.75, 3.05) is 0 Å². The van der Waals surface area contributed by atoms with E-state index in [1.165, 1.54) is 16.7 Å². The summed E-state index contributed by atoms with van der Waals surface area (Å²) < 4.78 is 40.9. The predicted octanol–water partition coefficient (Wildman–Crippen LogP) is 4.69. The second-order valence-electron chi connectivity index (χ2n) is 6.04. The molecule has 0 saturated heterocycles. The second kappa shape index (κ2) is 5.36. The topological polar surface area (TPSA) is 59.3 Å². The van der Waals surface area contributed by atoms with Gasteiger partial charge in [-0.3, -0.25) is 4.79 Å². The van der Waals surface area contributed by atoms with E-state index in [1.54, 1.807) is 20.8 Å². The van der Waals surface area contributed by atoms with E-state index < -0.39 is 28.8 Å². The molecule has 0 radical (unpaired) electrons. The number of aldehydes is 1. The van der Waals surface area contributed by atoms with Gasteiger partial charge in [-0.15, -0.1) is 0 Å². The highest BCUT2D eigenvalue weighted by Gasteiger charge is 2.38. The van der Waals surface area contributed by atoms with Gasteiger partial charge in [0.25, 0.3) is 0 Å². The minimum Gasteiger partial charge on any atom is -0.477 e. The molecule has 0 aliphatic rings. The van der Waals surface area contributed by atoms with Gasteiger partial charge in [-0.2, -0.15) is 13.2 Å². The van der Waals surface area contributed by atoms with Gasteiger partial charge >= 0.3 is 12.1 Å². The Balaban J connectivity index is 3.12. The van der Waals surface area contributed by atoms with Gasteiger partial charge in [0.2, 0.25) is 0 Å². The molecule has 1 heterocycles. The molecule has 0 unspecified atom stereocenters. The fraction of sp³-hybridized carbons (Fsp3) is 0.333. The summed E-state index contributed by atoms with van der Waals surface area (Å²) in [6.45, 7) is 4.97. The molecule has 23 heavy (non-hydrogen) atoms. The maximum atomic E-state index is 13.3. The summed E-state index contributed by atoms with van der Waals surface area (Å²) in [6, 6.07) is 2.45. The van der Waals surface area contributed by atoms with E-state index in [4.69, 9.17) is 0 Å². The van der Waals surface area contributed by atoms with Gasteiger partial charge in [-0.05, 0) is 32.9 Å². The van der Waals surface area contributed by atoms with Gasteiger partial charge in [-0.25, -0.2) is 4.79 Å². The average Bonchev–Trinajstić information content (AvgIpc) is 2.74. The monoisotopic (exact) mass is 391 g/mol. The van der Waals surface area contributed by atoms with Gasteiger partial charge in [0.15, 0.2) is 6.29 Å². The number of carboxylic acids is 1. The highest BCUT2D eigenvalue weighted by molar-refractivity contribution is 9.10. The number of aromatic nitrogens is 1. The first-order valence-corrected chi connectivity index (χ1v) is 7.33. The van der Waals surface area contributed by atoms with Gasteiger partial charge in [0, 0.05) is 15.4 Å². The van der Waals surface area contributed by atoms with Gasteiger partial charge in [0.05, 0.1) is 16.6 Å². The van der Waals surface area contributed by atoms with Crippen LogP contribution in [0.1, 0.15) is 47.2 Å². The first-order chi connectivity index (χ1) is 10.4. The minimum absolute atomic E-state index is 0.0413. The van der Waals surface area contributed by atoms with E-state index in [1.807, 2.05) is 0 Å². The SMILES string of the molecule is CC(C)(C)n1c(C(=O)O)cc2cc(Br)c(C(F)(F)F)c(C=O)c21. The van der Waals surface area contributed by atoms with E-state index in [0.717, 1.165) is 0 Å². The number of halogens is 4. The van der Waals surface area contributed by atoms with Crippen molar-refractivity contribution in [3.8, 4) is 0 Å². The van der Waals surface area contributed by atoms with Crippen LogP contribution in [0.25, 0.3) is 10.9 Å². The molecule has 2 rings (SSSR count). The highest BCUT2D eigenvalue weighted by Crippen LogP contribution is 2.42. The molecule has 0 amide bonds. The number of fused-ring (bicyclic) bond motifs is 1. The lowest BCUT2D eigenvalue weighted by Gasteiger charge is -2.26. The zero-order valence-electron chi connectivity index (χ0n) is 12.5. The normalized spacial score (nSPS) is 12.7. The Labute approximate surface area is 138 Å². The fourth-order valence-corrected chi connectivity index (χ4v) is 3.31. The number of alkyl halides is 3. The Kier molecular flexibility index (Phi) is 4.09. The van der Waals surface area contributed by atoms with Crippen molar-refractivity contribution in [1.29, 1.82) is 0 Å². The van der Waals surface area contributed by atoms with Gasteiger partial charge < -0.3 is 9.67 Å². The van der Waals surface area contributed by atoms with Crippen LogP contribution >= 0.6 is 15.9 Å². The number of benzene rings is 1. The molecule has 0 fully saturated rings. The lowest BCUT2D eigenvalue weighted by molar-refractivity contribution is -0.138. The zero-order chi connectivity index (χ0) is 17.7. The number of hydrogen-bond acceptors (Lipinski definition) is 2. The average molecular weight is 392 g/mol. The summed E-state index contributed by atoms with van der Waals surface area (Å²) in [5, 5.41) is 9.60. The van der Waals surface area contributed by atoms with Crippen LogP contribution < -0.4 is 0 Å². The first-order valence-electron chi connectivity index (χ1n) is 6.53. The molecule has 0 spiro atoms. The van der Waals surface area contributed by atoms with Crippen LogP contribution in [0.5, 0.6) is 0 Å². The van der Waals surface area contributed by atoms with Crippen LogP contribution in [0.2, 0.25) is 0 Å². The van der Waals surface area contributed by atoms with Crippen LogP contribution in [0.4, 0.5) is 13.2 Å². The van der Waals surface area contributed by atoms with Crippen molar-refractivity contribution in [3.63, 3.8) is 0 Å². The molecule has 4 nitrogen and oxygen atoms in total. The molecule has 8 heteroatoms. The Morgan fingerprint density at radius 2 is 1.83 bits per heavy atom. The quantitative estimate of drug-likeness (QED) is 0.755. The van der Waals surface area contributed by atoms with Crippen molar-refractivity contribution in [2.45, 2.75) is 32.5 Å². The number of carbonyl (C=O) groups excluding carboxylic acids is 1. The molecule has 2 aromatic rings. The van der Waals surface area contributed by atoms with Crippen LogP contribution in [0, 0.1) is 0 Å². The van der Waals surface area contributed by atoms with E-state index in [9.17, 15) is 27.9 Å². The molecule has 0 aliphatic heterocycles. The Bertz CT molecular complexity index is 816. The van der Waals surface area contributed by atoms with E-state index in [-0.39, 0.29) is 27.4 Å². The smallest absolute Gasteiger partial charge is 0.418 e. The lowest BCUT2D eigenvalue weighted by atomic mass is 10.0. The molecule has 0 aliphatic carbocycles. The number of hydrogen-bond donors (Lipinski definition) is 1. The van der Waals surface area contributed by atoms with E-state index in [2.05, 4.69) is 15.9 Å². The predicted molar refractivity (Wildman–Crippen MR) is 82.0 cm³/mol. The molecule has 0 saturated carbocycles. The maximum absolute atomic E-state index is 13.3. The van der Waals surface area contributed by atoms with Crippen molar-refractivity contribution in [1.82, 2.24) is 4.57 Å². The molecule has 0 atom stereocenters. The van der Waals surface area contributed by atoms with Gasteiger partial charge in [-0.1, -0.05) is 15.9 Å². The van der Waals surface area contributed by atoms with Crippen LogP contribution in [0.3, 0.4) is 0 Å². The molecule has 0 bridgehead atoms. The Hall–Kier alpha value is -1.83. The van der Waals surface area contributed by atoms with E-state index >= 15 is 0 Å². The van der Waals surface area contributed by atoms with Crippen molar-refractivity contribution in [2.24, 2.45) is 0 Å². The van der Waals surface area contributed by atoms with E-state index in [0.29, 0.717) is 0 Å². The maximum Gasteiger partial charge on any atom is 0.418 e. The Morgan fingerprint density at radius 3 is 2.22 bits per heavy atom.